The van der Waals surface area contributed by atoms with E-state index in [2.05, 4.69) is 10.3 Å². The Balaban J connectivity index is 2.41. The largest absolute Gasteiger partial charge is 0.462 e. The van der Waals surface area contributed by atoms with Crippen LogP contribution in [0.3, 0.4) is 0 Å². The van der Waals surface area contributed by atoms with Crippen molar-refractivity contribution >= 4 is 23.4 Å². The van der Waals surface area contributed by atoms with E-state index in [0.29, 0.717) is 0 Å². The van der Waals surface area contributed by atoms with Crippen molar-refractivity contribution in [3.05, 3.63) is 28.6 Å². The molecular weight excluding hydrogens is 282 g/mol. The van der Waals surface area contributed by atoms with Gasteiger partial charge in [0.25, 0.3) is 0 Å². The molecule has 0 aliphatic heterocycles. The maximum atomic E-state index is 11.4. The predicted octanol–water partition coefficient (Wildman–Crippen LogP) is 1.74. The molecule has 21 heavy (non-hydrogen) atoms. The number of nitrogens with one attached hydrogen (secondary N) is 1. The van der Waals surface area contributed by atoms with Gasteiger partial charge in [-0.1, -0.05) is 13.8 Å². The standard InChI is InChI=1S/C12H15N3O6/c1-8(2)11(16)20-5-6-21-12(17)14-9-3-4-13-7-10(9)15(18)19/h3-4,7-8H,5-6H2,1-2H3,(H,13,14,17). The number of anilines is 1. The number of nitro groups is 1. The zero-order valence-electron chi connectivity index (χ0n) is 11.6. The van der Waals surface area contributed by atoms with Gasteiger partial charge < -0.3 is 9.47 Å². The number of pyridine rings is 1. The van der Waals surface area contributed by atoms with Crippen molar-refractivity contribution in [2.45, 2.75) is 13.8 Å². The van der Waals surface area contributed by atoms with Gasteiger partial charge in [0, 0.05) is 6.20 Å². The Bertz CT molecular complexity index is 531. The van der Waals surface area contributed by atoms with Gasteiger partial charge in [-0.15, -0.1) is 0 Å². The van der Waals surface area contributed by atoms with Crippen LogP contribution in [0.4, 0.5) is 16.2 Å². The maximum Gasteiger partial charge on any atom is 0.411 e. The van der Waals surface area contributed by atoms with Crippen LogP contribution in [0.1, 0.15) is 13.8 Å². The van der Waals surface area contributed by atoms with Crippen molar-refractivity contribution in [2.75, 3.05) is 18.5 Å². The second-order valence-corrected chi connectivity index (χ2v) is 4.23. The Kier molecular flexibility index (Phi) is 6.05. The number of nitrogens with zero attached hydrogens (tertiary/aromatic N) is 2. The SMILES string of the molecule is CC(C)C(=O)OCCOC(=O)Nc1ccncc1[N+](=O)[O-]. The molecular formula is C12H15N3O6. The summed E-state index contributed by atoms with van der Waals surface area (Å²) in [6.07, 6.45) is 1.43. The van der Waals surface area contributed by atoms with Crippen molar-refractivity contribution in [2.24, 2.45) is 5.92 Å². The van der Waals surface area contributed by atoms with E-state index in [-0.39, 0.29) is 30.5 Å². The molecule has 0 bridgehead atoms. The molecule has 0 radical (unpaired) electrons. The van der Waals surface area contributed by atoms with E-state index < -0.39 is 17.0 Å². The third-order valence-corrected chi connectivity index (χ3v) is 2.27. The smallest absolute Gasteiger partial charge is 0.411 e. The van der Waals surface area contributed by atoms with E-state index in [1.54, 1.807) is 13.8 Å². The summed E-state index contributed by atoms with van der Waals surface area (Å²) in [5.74, 6) is -0.665. The van der Waals surface area contributed by atoms with Gasteiger partial charge in [-0.3, -0.25) is 25.2 Å². The third kappa shape index (κ3) is 5.43. The van der Waals surface area contributed by atoms with Gasteiger partial charge >= 0.3 is 17.7 Å². The van der Waals surface area contributed by atoms with Crippen LogP contribution in [-0.4, -0.2) is 35.2 Å². The molecule has 0 unspecified atom stereocenters. The van der Waals surface area contributed by atoms with E-state index in [9.17, 15) is 19.7 Å². The summed E-state index contributed by atoms with van der Waals surface area (Å²) in [5.41, 5.74) is -0.375. The van der Waals surface area contributed by atoms with Gasteiger partial charge in [-0.05, 0) is 6.07 Å². The third-order valence-electron chi connectivity index (χ3n) is 2.27. The minimum atomic E-state index is -0.884. The number of rotatable bonds is 6. The lowest BCUT2D eigenvalue weighted by atomic mass is 10.2. The lowest BCUT2D eigenvalue weighted by molar-refractivity contribution is -0.384. The molecule has 0 atom stereocenters. The summed E-state index contributed by atoms with van der Waals surface area (Å²) in [6, 6.07) is 1.28. The number of carbonyl (C=O) groups is 2. The van der Waals surface area contributed by atoms with Crippen LogP contribution in [0.15, 0.2) is 18.5 Å². The molecule has 0 aliphatic rings. The van der Waals surface area contributed by atoms with Crippen LogP contribution >= 0.6 is 0 Å². The molecule has 114 valence electrons. The lowest BCUT2D eigenvalue weighted by Crippen LogP contribution is -2.20. The summed E-state index contributed by atoms with van der Waals surface area (Å²) in [7, 11) is 0. The Morgan fingerprint density at radius 3 is 2.67 bits per heavy atom. The molecule has 1 aromatic rings. The van der Waals surface area contributed by atoms with E-state index in [1.165, 1.54) is 12.3 Å². The number of hydrogen-bond donors (Lipinski definition) is 1. The van der Waals surface area contributed by atoms with Crippen molar-refractivity contribution in [1.29, 1.82) is 0 Å². The highest BCUT2D eigenvalue weighted by Crippen LogP contribution is 2.21. The first-order valence-corrected chi connectivity index (χ1v) is 6.10. The Hall–Kier alpha value is -2.71. The van der Waals surface area contributed by atoms with E-state index >= 15 is 0 Å². The van der Waals surface area contributed by atoms with Gasteiger partial charge in [0.2, 0.25) is 0 Å². The Morgan fingerprint density at radius 2 is 2.05 bits per heavy atom. The Labute approximate surface area is 120 Å². The number of ether oxygens (including phenoxy) is 2. The monoisotopic (exact) mass is 297 g/mol. The molecule has 0 fully saturated rings. The fourth-order valence-corrected chi connectivity index (χ4v) is 1.23. The fourth-order valence-electron chi connectivity index (χ4n) is 1.23. The molecule has 9 heteroatoms. The van der Waals surface area contributed by atoms with Gasteiger partial charge in [0.1, 0.15) is 25.1 Å². The van der Waals surface area contributed by atoms with Gasteiger partial charge in [-0.2, -0.15) is 0 Å². The zero-order chi connectivity index (χ0) is 15.8. The van der Waals surface area contributed by atoms with Crippen LogP contribution in [0.5, 0.6) is 0 Å². The molecule has 1 heterocycles. The lowest BCUT2D eigenvalue weighted by Gasteiger charge is -2.09. The molecule has 0 aromatic carbocycles. The molecule has 0 aliphatic carbocycles. The number of carbonyl (C=O) groups excluding carboxylic acids is 2. The highest BCUT2D eigenvalue weighted by atomic mass is 16.6. The minimum Gasteiger partial charge on any atom is -0.462 e. The van der Waals surface area contributed by atoms with Gasteiger partial charge in [-0.25, -0.2) is 4.79 Å². The number of amides is 1. The summed E-state index contributed by atoms with van der Waals surface area (Å²) >= 11 is 0. The maximum absolute atomic E-state index is 11.4. The zero-order valence-corrected chi connectivity index (χ0v) is 11.6. The molecule has 1 aromatic heterocycles. The van der Waals surface area contributed by atoms with Crippen molar-refractivity contribution < 1.29 is 24.0 Å². The van der Waals surface area contributed by atoms with Crippen LogP contribution in [0.25, 0.3) is 0 Å². The summed E-state index contributed by atoms with van der Waals surface area (Å²) in [6.45, 7) is 3.13. The van der Waals surface area contributed by atoms with Crippen molar-refractivity contribution in [3.63, 3.8) is 0 Å². The second kappa shape index (κ2) is 7.78. The van der Waals surface area contributed by atoms with E-state index in [1.807, 2.05) is 0 Å². The van der Waals surface area contributed by atoms with Gasteiger partial charge in [0.05, 0.1) is 10.8 Å². The molecule has 1 N–H and O–H groups in total. The predicted molar refractivity (Wildman–Crippen MR) is 71.7 cm³/mol. The van der Waals surface area contributed by atoms with Crippen LogP contribution in [-0.2, 0) is 14.3 Å². The van der Waals surface area contributed by atoms with Crippen molar-refractivity contribution in [3.8, 4) is 0 Å². The molecule has 1 rings (SSSR count). The number of esters is 1. The minimum absolute atomic E-state index is 0.0285. The quantitative estimate of drug-likeness (QED) is 0.367. The average Bonchev–Trinajstić information content (AvgIpc) is 2.43. The highest BCUT2D eigenvalue weighted by Gasteiger charge is 2.16. The first kappa shape index (κ1) is 16.3. The molecule has 1 amide bonds. The Morgan fingerprint density at radius 1 is 1.38 bits per heavy atom. The second-order valence-electron chi connectivity index (χ2n) is 4.23. The number of hydrogen-bond acceptors (Lipinski definition) is 7. The molecule has 0 saturated heterocycles. The summed E-state index contributed by atoms with van der Waals surface area (Å²) < 4.78 is 9.54. The highest BCUT2D eigenvalue weighted by molar-refractivity contribution is 5.87. The summed E-state index contributed by atoms with van der Waals surface area (Å²) in [5, 5.41) is 12.9. The van der Waals surface area contributed by atoms with E-state index in [0.717, 1.165) is 6.20 Å². The van der Waals surface area contributed by atoms with E-state index in [4.69, 9.17) is 9.47 Å². The first-order chi connectivity index (χ1) is 9.91. The topological polar surface area (TPSA) is 121 Å². The van der Waals surface area contributed by atoms with Crippen molar-refractivity contribution in [1.82, 2.24) is 4.98 Å². The van der Waals surface area contributed by atoms with Crippen LogP contribution in [0.2, 0.25) is 0 Å². The fraction of sp³-hybridized carbons (Fsp3) is 0.417. The van der Waals surface area contributed by atoms with Crippen LogP contribution in [0, 0.1) is 16.0 Å². The first-order valence-electron chi connectivity index (χ1n) is 6.10. The van der Waals surface area contributed by atoms with Crippen LogP contribution < -0.4 is 5.32 Å². The number of aromatic nitrogens is 1. The van der Waals surface area contributed by atoms with Gasteiger partial charge in [0.15, 0.2) is 0 Å². The average molecular weight is 297 g/mol. The molecule has 0 saturated carbocycles. The normalized spacial score (nSPS) is 10.0. The summed E-state index contributed by atoms with van der Waals surface area (Å²) in [4.78, 5) is 36.2. The molecule has 9 nitrogen and oxygen atoms in total. The molecule has 0 spiro atoms.